The molecule has 5 heteroatoms. The number of fused-ring (bicyclic) bond motifs is 3. The van der Waals surface area contributed by atoms with E-state index in [9.17, 15) is 0 Å². The number of aromatic nitrogens is 2. The Bertz CT molecular complexity index is 873. The predicted octanol–water partition coefficient (Wildman–Crippen LogP) is 3.50. The van der Waals surface area contributed by atoms with Gasteiger partial charge in [-0.3, -0.25) is 0 Å². The second kappa shape index (κ2) is 3.93. The van der Waals surface area contributed by atoms with Crippen LogP contribution >= 0.6 is 0 Å². The van der Waals surface area contributed by atoms with Crippen LogP contribution in [0.4, 0.5) is 23.0 Å². The van der Waals surface area contributed by atoms with Gasteiger partial charge in [0.2, 0.25) is 0 Å². The maximum atomic E-state index is 5.34. The Morgan fingerprint density at radius 1 is 0.905 bits per heavy atom. The number of epoxide rings is 1. The monoisotopic (exact) mass is 276 g/mol. The molecule has 102 valence electrons. The minimum absolute atomic E-state index is 0.251. The number of para-hydroxylation sites is 2. The first kappa shape index (κ1) is 11.0. The van der Waals surface area contributed by atoms with Gasteiger partial charge in [0, 0.05) is 0 Å². The maximum absolute atomic E-state index is 5.34. The molecule has 0 aliphatic carbocycles. The molecule has 0 bridgehead atoms. The molecule has 0 radical (unpaired) electrons. The summed E-state index contributed by atoms with van der Waals surface area (Å²) in [6, 6.07) is 14.1. The van der Waals surface area contributed by atoms with Gasteiger partial charge in [-0.25, -0.2) is 9.97 Å². The van der Waals surface area contributed by atoms with Gasteiger partial charge in [0.15, 0.2) is 11.6 Å². The molecule has 5 rings (SSSR count). The Morgan fingerprint density at radius 3 is 2.24 bits per heavy atom. The number of anilines is 4. The number of hydrogen-bond acceptors (Lipinski definition) is 5. The van der Waals surface area contributed by atoms with Gasteiger partial charge >= 0.3 is 0 Å². The van der Waals surface area contributed by atoms with Crippen LogP contribution in [0.15, 0.2) is 42.5 Å². The maximum Gasteiger partial charge on any atom is 0.174 e. The van der Waals surface area contributed by atoms with Crippen molar-refractivity contribution in [3.63, 3.8) is 0 Å². The van der Waals surface area contributed by atoms with Gasteiger partial charge < -0.3 is 15.4 Å². The van der Waals surface area contributed by atoms with Gasteiger partial charge in [-0.2, -0.15) is 0 Å². The van der Waals surface area contributed by atoms with E-state index in [1.54, 1.807) is 0 Å². The third kappa shape index (κ3) is 1.75. The van der Waals surface area contributed by atoms with Crippen LogP contribution in [-0.2, 0) is 4.74 Å². The SMILES string of the molecule is c1ccc2nc3c(nc2c1)Nc1ccc(C2CO2)cc1N3. The molecule has 0 saturated carbocycles. The van der Waals surface area contributed by atoms with Crippen molar-refractivity contribution >= 4 is 34.0 Å². The molecule has 1 saturated heterocycles. The first-order chi connectivity index (χ1) is 10.4. The fourth-order valence-corrected chi connectivity index (χ4v) is 2.64. The molecule has 3 aromatic rings. The normalized spacial score (nSPS) is 18.4. The van der Waals surface area contributed by atoms with Crippen LogP contribution in [-0.4, -0.2) is 16.6 Å². The summed E-state index contributed by atoms with van der Waals surface area (Å²) in [7, 11) is 0. The molecule has 5 nitrogen and oxygen atoms in total. The average molecular weight is 276 g/mol. The van der Waals surface area contributed by atoms with Crippen molar-refractivity contribution in [1.29, 1.82) is 0 Å². The first-order valence-corrected chi connectivity index (χ1v) is 6.93. The summed E-state index contributed by atoms with van der Waals surface area (Å²) in [5, 5.41) is 6.71. The van der Waals surface area contributed by atoms with E-state index in [2.05, 4.69) is 38.8 Å². The minimum atomic E-state index is 0.251. The Kier molecular flexibility index (Phi) is 2.07. The van der Waals surface area contributed by atoms with Gasteiger partial charge in [-0.1, -0.05) is 18.2 Å². The van der Waals surface area contributed by atoms with E-state index in [1.165, 1.54) is 5.56 Å². The summed E-state index contributed by atoms with van der Waals surface area (Å²) in [6.45, 7) is 0.813. The van der Waals surface area contributed by atoms with Crippen molar-refractivity contribution in [2.24, 2.45) is 0 Å². The highest BCUT2D eigenvalue weighted by Crippen LogP contribution is 2.40. The molecular weight excluding hydrogens is 264 g/mol. The molecule has 0 spiro atoms. The Morgan fingerprint density at radius 2 is 1.57 bits per heavy atom. The second-order valence-corrected chi connectivity index (χ2v) is 5.29. The molecule has 2 N–H and O–H groups in total. The van der Waals surface area contributed by atoms with Gasteiger partial charge in [-0.05, 0) is 29.8 Å². The van der Waals surface area contributed by atoms with Crippen LogP contribution in [0.1, 0.15) is 11.7 Å². The molecule has 1 atom stereocenters. The highest BCUT2D eigenvalue weighted by Gasteiger charge is 2.26. The highest BCUT2D eigenvalue weighted by molar-refractivity contribution is 5.90. The van der Waals surface area contributed by atoms with E-state index >= 15 is 0 Å². The van der Waals surface area contributed by atoms with Crippen LogP contribution in [0.2, 0.25) is 0 Å². The quantitative estimate of drug-likeness (QED) is 0.521. The fourth-order valence-electron chi connectivity index (χ4n) is 2.64. The number of hydrogen-bond donors (Lipinski definition) is 2. The molecular formula is C16H12N4O. The summed E-state index contributed by atoms with van der Waals surface area (Å²) in [4.78, 5) is 9.26. The van der Waals surface area contributed by atoms with Gasteiger partial charge in [-0.15, -0.1) is 0 Å². The van der Waals surface area contributed by atoms with E-state index in [1.807, 2.05) is 24.3 Å². The summed E-state index contributed by atoms with van der Waals surface area (Å²) >= 11 is 0. The number of benzene rings is 2. The van der Waals surface area contributed by atoms with Gasteiger partial charge in [0.25, 0.3) is 0 Å². The molecule has 3 heterocycles. The number of nitrogens with zero attached hydrogens (tertiary/aromatic N) is 2. The molecule has 2 aromatic carbocycles. The predicted molar refractivity (Wildman–Crippen MR) is 81.2 cm³/mol. The molecule has 21 heavy (non-hydrogen) atoms. The Hall–Kier alpha value is -2.66. The molecule has 0 amide bonds. The Balaban J connectivity index is 1.62. The zero-order chi connectivity index (χ0) is 13.8. The van der Waals surface area contributed by atoms with E-state index in [-0.39, 0.29) is 6.10 Å². The van der Waals surface area contributed by atoms with Crippen molar-refractivity contribution in [2.45, 2.75) is 6.10 Å². The molecule has 1 unspecified atom stereocenters. The van der Waals surface area contributed by atoms with Crippen LogP contribution in [0, 0.1) is 0 Å². The number of rotatable bonds is 1. The molecule has 1 fully saturated rings. The largest absolute Gasteiger partial charge is 0.368 e. The summed E-state index contributed by atoms with van der Waals surface area (Å²) in [5.74, 6) is 1.52. The standard InChI is InChI=1S/C16H12N4O/c1-2-4-11-10(3-1)17-15-16(18-11)20-13-7-9(14-8-21-14)5-6-12(13)19-15/h1-7,14H,8H2,(H,17,19)(H,18,20). The fraction of sp³-hybridized carbons (Fsp3) is 0.125. The van der Waals surface area contributed by atoms with Gasteiger partial charge in [0.05, 0.1) is 29.0 Å². The van der Waals surface area contributed by atoms with Crippen LogP contribution < -0.4 is 10.6 Å². The summed E-state index contributed by atoms with van der Waals surface area (Å²) in [5.41, 5.74) is 4.99. The lowest BCUT2D eigenvalue weighted by molar-refractivity contribution is 0.416. The van der Waals surface area contributed by atoms with Crippen molar-refractivity contribution in [2.75, 3.05) is 17.2 Å². The van der Waals surface area contributed by atoms with E-state index < -0.39 is 0 Å². The van der Waals surface area contributed by atoms with Gasteiger partial charge in [0.1, 0.15) is 6.10 Å². The first-order valence-electron chi connectivity index (χ1n) is 6.93. The van der Waals surface area contributed by atoms with Crippen molar-refractivity contribution in [3.05, 3.63) is 48.0 Å². The van der Waals surface area contributed by atoms with Crippen molar-refractivity contribution in [3.8, 4) is 0 Å². The zero-order valence-corrected chi connectivity index (χ0v) is 11.1. The third-order valence-corrected chi connectivity index (χ3v) is 3.83. The van der Waals surface area contributed by atoms with Crippen LogP contribution in [0.3, 0.4) is 0 Å². The molecule has 1 aromatic heterocycles. The lowest BCUT2D eigenvalue weighted by Crippen LogP contribution is -2.10. The van der Waals surface area contributed by atoms with Crippen molar-refractivity contribution < 1.29 is 4.74 Å². The van der Waals surface area contributed by atoms with E-state index in [4.69, 9.17) is 4.74 Å². The molecule has 2 aliphatic heterocycles. The summed E-state index contributed by atoms with van der Waals surface area (Å²) < 4.78 is 5.34. The van der Waals surface area contributed by atoms with E-state index in [0.29, 0.717) is 0 Å². The van der Waals surface area contributed by atoms with E-state index in [0.717, 1.165) is 40.7 Å². The zero-order valence-electron chi connectivity index (χ0n) is 11.1. The highest BCUT2D eigenvalue weighted by atomic mass is 16.6. The average Bonchev–Trinajstić information content (AvgIpc) is 3.35. The van der Waals surface area contributed by atoms with Crippen molar-refractivity contribution in [1.82, 2.24) is 9.97 Å². The lowest BCUT2D eigenvalue weighted by atomic mass is 10.1. The number of nitrogens with one attached hydrogen (secondary N) is 2. The minimum Gasteiger partial charge on any atom is -0.368 e. The lowest BCUT2D eigenvalue weighted by Gasteiger charge is -2.22. The second-order valence-electron chi connectivity index (χ2n) is 5.29. The van der Waals surface area contributed by atoms with Crippen LogP contribution in [0.25, 0.3) is 11.0 Å². The number of ether oxygens (including phenoxy) is 1. The van der Waals surface area contributed by atoms with Crippen LogP contribution in [0.5, 0.6) is 0 Å². The smallest absolute Gasteiger partial charge is 0.174 e. The topological polar surface area (TPSA) is 62.4 Å². The third-order valence-electron chi connectivity index (χ3n) is 3.83. The molecule has 2 aliphatic rings. The summed E-state index contributed by atoms with van der Waals surface area (Å²) in [6.07, 6.45) is 0.251. The Labute approximate surface area is 121 Å².